The second-order valence-corrected chi connectivity index (χ2v) is 3.13. The summed E-state index contributed by atoms with van der Waals surface area (Å²) in [5.41, 5.74) is 1.33. The minimum atomic E-state index is -0.172. The van der Waals surface area contributed by atoms with Gasteiger partial charge in [-0.2, -0.15) is 0 Å². The molecule has 0 saturated carbocycles. The van der Waals surface area contributed by atoms with E-state index in [9.17, 15) is 5.11 Å². The van der Waals surface area contributed by atoms with E-state index < -0.39 is 0 Å². The first-order valence-electron chi connectivity index (χ1n) is 3.54. The third kappa shape index (κ3) is 1.83. The van der Waals surface area contributed by atoms with Crippen LogP contribution in [0.25, 0.3) is 0 Å². The van der Waals surface area contributed by atoms with Crippen LogP contribution in [0, 0.1) is 5.92 Å². The zero-order chi connectivity index (χ0) is 6.85. The van der Waals surface area contributed by atoms with E-state index in [-0.39, 0.29) is 6.10 Å². The van der Waals surface area contributed by atoms with Crippen molar-refractivity contribution in [3.05, 3.63) is 11.6 Å². The minimum Gasteiger partial charge on any atom is -0.389 e. The van der Waals surface area contributed by atoms with E-state index in [4.69, 9.17) is 0 Å². The van der Waals surface area contributed by atoms with E-state index in [2.05, 4.69) is 13.8 Å². The molecule has 1 rings (SSSR count). The highest BCUT2D eigenvalue weighted by atomic mass is 16.3. The number of allylic oxidation sites excluding steroid dienone is 1. The molecule has 0 saturated heterocycles. The summed E-state index contributed by atoms with van der Waals surface area (Å²) in [6.07, 6.45) is 3.89. The first-order chi connectivity index (χ1) is 4.18. The molecule has 52 valence electrons. The molecular formula is C8H14O. The molecule has 0 spiro atoms. The zero-order valence-corrected chi connectivity index (χ0v) is 6.09. The van der Waals surface area contributed by atoms with E-state index in [1.807, 2.05) is 6.08 Å². The Morgan fingerprint density at radius 1 is 1.67 bits per heavy atom. The summed E-state index contributed by atoms with van der Waals surface area (Å²) in [5.74, 6) is 0.671. The number of aliphatic hydroxyl groups is 1. The summed E-state index contributed by atoms with van der Waals surface area (Å²) in [4.78, 5) is 0. The van der Waals surface area contributed by atoms with Crippen LogP contribution in [0.15, 0.2) is 11.6 Å². The lowest BCUT2D eigenvalue weighted by Gasteiger charge is -2.20. The third-order valence-electron chi connectivity index (χ3n) is 1.79. The van der Waals surface area contributed by atoms with Gasteiger partial charge in [-0.15, -0.1) is 0 Å². The van der Waals surface area contributed by atoms with Gasteiger partial charge in [0.25, 0.3) is 0 Å². The first-order valence-corrected chi connectivity index (χ1v) is 3.54. The summed E-state index contributed by atoms with van der Waals surface area (Å²) >= 11 is 0. The zero-order valence-electron chi connectivity index (χ0n) is 6.09. The monoisotopic (exact) mass is 126 g/mol. The van der Waals surface area contributed by atoms with Crippen LogP contribution in [0.3, 0.4) is 0 Å². The molecule has 0 fully saturated rings. The summed E-state index contributed by atoms with van der Waals surface area (Å²) in [5, 5.41) is 9.17. The fraction of sp³-hybridized carbons (Fsp3) is 0.750. The van der Waals surface area contributed by atoms with E-state index in [1.165, 1.54) is 5.57 Å². The van der Waals surface area contributed by atoms with Gasteiger partial charge >= 0.3 is 0 Å². The Labute approximate surface area is 56.4 Å². The van der Waals surface area contributed by atoms with Crippen molar-refractivity contribution in [1.82, 2.24) is 0 Å². The van der Waals surface area contributed by atoms with Gasteiger partial charge in [-0.1, -0.05) is 18.6 Å². The van der Waals surface area contributed by atoms with Crippen molar-refractivity contribution in [2.75, 3.05) is 0 Å². The Morgan fingerprint density at radius 3 is 2.78 bits per heavy atom. The highest BCUT2D eigenvalue weighted by Gasteiger charge is 2.13. The average Bonchev–Trinajstić information content (AvgIpc) is 1.59. The molecule has 0 radical (unpaired) electrons. The largest absolute Gasteiger partial charge is 0.389 e. The molecule has 0 aliphatic heterocycles. The Kier molecular flexibility index (Phi) is 1.91. The standard InChI is InChI=1S/C8H14O/c1-6-3-7(2)5-8(9)4-6/h4,7-9H,3,5H2,1-2H3/t7?,8-/m0/s1. The maximum absolute atomic E-state index is 9.17. The number of hydrogen-bond donors (Lipinski definition) is 1. The van der Waals surface area contributed by atoms with Crippen molar-refractivity contribution in [2.45, 2.75) is 32.8 Å². The lowest BCUT2D eigenvalue weighted by atomic mass is 9.90. The second kappa shape index (κ2) is 2.53. The summed E-state index contributed by atoms with van der Waals surface area (Å²) in [7, 11) is 0. The topological polar surface area (TPSA) is 20.2 Å². The fourth-order valence-corrected chi connectivity index (χ4v) is 1.51. The maximum atomic E-state index is 9.17. The predicted molar refractivity (Wildman–Crippen MR) is 38.2 cm³/mol. The van der Waals surface area contributed by atoms with Crippen LogP contribution >= 0.6 is 0 Å². The van der Waals surface area contributed by atoms with Gasteiger partial charge in [0.2, 0.25) is 0 Å². The van der Waals surface area contributed by atoms with Gasteiger partial charge in [0.15, 0.2) is 0 Å². The van der Waals surface area contributed by atoms with Crippen molar-refractivity contribution in [2.24, 2.45) is 5.92 Å². The van der Waals surface area contributed by atoms with E-state index in [0.29, 0.717) is 5.92 Å². The molecule has 1 N–H and O–H groups in total. The molecule has 1 aliphatic carbocycles. The lowest BCUT2D eigenvalue weighted by Crippen LogP contribution is -2.14. The molecule has 1 nitrogen and oxygen atoms in total. The normalized spacial score (nSPS) is 36.1. The molecule has 0 aromatic rings. The summed E-state index contributed by atoms with van der Waals surface area (Å²) in [6, 6.07) is 0. The van der Waals surface area contributed by atoms with Crippen LogP contribution in [-0.2, 0) is 0 Å². The van der Waals surface area contributed by atoms with Crippen molar-refractivity contribution < 1.29 is 5.11 Å². The minimum absolute atomic E-state index is 0.172. The molecule has 2 atom stereocenters. The summed E-state index contributed by atoms with van der Waals surface area (Å²) in [6.45, 7) is 4.26. The van der Waals surface area contributed by atoms with Crippen LogP contribution in [0.2, 0.25) is 0 Å². The average molecular weight is 126 g/mol. The highest BCUT2D eigenvalue weighted by Crippen LogP contribution is 2.22. The van der Waals surface area contributed by atoms with Crippen LogP contribution in [0.1, 0.15) is 26.7 Å². The molecule has 0 bridgehead atoms. The Balaban J connectivity index is 2.56. The molecule has 1 heteroatoms. The van der Waals surface area contributed by atoms with Gasteiger partial charge in [0, 0.05) is 0 Å². The van der Waals surface area contributed by atoms with Gasteiger partial charge in [-0.25, -0.2) is 0 Å². The Hall–Kier alpha value is -0.300. The second-order valence-electron chi connectivity index (χ2n) is 3.13. The van der Waals surface area contributed by atoms with Crippen molar-refractivity contribution in [3.63, 3.8) is 0 Å². The highest BCUT2D eigenvalue weighted by molar-refractivity contribution is 5.06. The molecule has 0 heterocycles. The third-order valence-corrected chi connectivity index (χ3v) is 1.79. The molecular weight excluding hydrogens is 112 g/mol. The van der Waals surface area contributed by atoms with Crippen molar-refractivity contribution >= 4 is 0 Å². The maximum Gasteiger partial charge on any atom is 0.0726 e. The van der Waals surface area contributed by atoms with E-state index in [0.717, 1.165) is 12.8 Å². The fourth-order valence-electron chi connectivity index (χ4n) is 1.51. The van der Waals surface area contributed by atoms with Gasteiger partial charge in [0.1, 0.15) is 0 Å². The van der Waals surface area contributed by atoms with E-state index >= 15 is 0 Å². The van der Waals surface area contributed by atoms with Gasteiger partial charge in [-0.3, -0.25) is 0 Å². The van der Waals surface area contributed by atoms with Gasteiger partial charge < -0.3 is 5.11 Å². The van der Waals surface area contributed by atoms with Crippen molar-refractivity contribution in [3.8, 4) is 0 Å². The number of rotatable bonds is 0. The molecule has 9 heavy (non-hydrogen) atoms. The molecule has 0 amide bonds. The molecule has 1 unspecified atom stereocenters. The van der Waals surface area contributed by atoms with Crippen molar-refractivity contribution in [1.29, 1.82) is 0 Å². The lowest BCUT2D eigenvalue weighted by molar-refractivity contribution is 0.180. The number of aliphatic hydroxyl groups excluding tert-OH is 1. The Morgan fingerprint density at radius 2 is 2.33 bits per heavy atom. The Bertz CT molecular complexity index is 127. The van der Waals surface area contributed by atoms with Crippen LogP contribution in [0.4, 0.5) is 0 Å². The first kappa shape index (κ1) is 6.81. The van der Waals surface area contributed by atoms with Gasteiger partial charge in [0.05, 0.1) is 6.10 Å². The van der Waals surface area contributed by atoms with E-state index in [1.54, 1.807) is 0 Å². The van der Waals surface area contributed by atoms with Gasteiger partial charge in [-0.05, 0) is 25.7 Å². The molecule has 0 aromatic heterocycles. The quantitative estimate of drug-likeness (QED) is 0.490. The van der Waals surface area contributed by atoms with Crippen LogP contribution in [0.5, 0.6) is 0 Å². The smallest absolute Gasteiger partial charge is 0.0726 e. The van der Waals surface area contributed by atoms with Crippen LogP contribution in [-0.4, -0.2) is 11.2 Å². The number of hydrogen-bond acceptors (Lipinski definition) is 1. The van der Waals surface area contributed by atoms with Crippen LogP contribution < -0.4 is 0 Å². The predicted octanol–water partition coefficient (Wildman–Crippen LogP) is 1.72. The molecule has 0 aromatic carbocycles. The SMILES string of the molecule is CC1=C[C@H](O)CC(C)C1. The summed E-state index contributed by atoms with van der Waals surface area (Å²) < 4.78 is 0. The molecule has 1 aliphatic rings.